The Kier molecular flexibility index (Phi) is 4.02. The summed E-state index contributed by atoms with van der Waals surface area (Å²) in [6, 6.07) is 5.45. The van der Waals surface area contributed by atoms with Gasteiger partial charge in [0.15, 0.2) is 0 Å². The Balaban J connectivity index is 2.29. The lowest BCUT2D eigenvalue weighted by atomic mass is 10.1. The molecule has 21 heavy (non-hydrogen) atoms. The number of nitrogens with zero attached hydrogens (tertiary/aromatic N) is 3. The molecule has 0 fully saturated rings. The Morgan fingerprint density at radius 3 is 2.67 bits per heavy atom. The second-order valence-electron chi connectivity index (χ2n) is 4.73. The van der Waals surface area contributed by atoms with Crippen molar-refractivity contribution in [3.63, 3.8) is 0 Å². The Bertz CT molecular complexity index is 706. The van der Waals surface area contributed by atoms with Gasteiger partial charge < -0.3 is 5.32 Å². The van der Waals surface area contributed by atoms with E-state index >= 15 is 0 Å². The summed E-state index contributed by atoms with van der Waals surface area (Å²) in [5.74, 6) is -0.586. The smallest absolute Gasteiger partial charge is 0.320 e. The van der Waals surface area contributed by atoms with Gasteiger partial charge in [0.05, 0.1) is 4.92 Å². The molecule has 1 aromatic heterocycles. The van der Waals surface area contributed by atoms with Crippen molar-refractivity contribution >= 4 is 17.3 Å². The van der Waals surface area contributed by atoms with Gasteiger partial charge >= 0.3 is 5.69 Å². The molecule has 110 valence electrons. The number of nitrogens with one attached hydrogen (secondary N) is 1. The van der Waals surface area contributed by atoms with E-state index in [0.717, 1.165) is 11.1 Å². The van der Waals surface area contributed by atoms with Crippen LogP contribution in [0.3, 0.4) is 0 Å². The van der Waals surface area contributed by atoms with E-state index in [1.54, 1.807) is 13.0 Å². The van der Waals surface area contributed by atoms with Crippen LogP contribution in [-0.4, -0.2) is 20.6 Å². The third-order valence-electron chi connectivity index (χ3n) is 3.24. The molecule has 0 saturated heterocycles. The van der Waals surface area contributed by atoms with Gasteiger partial charge in [0.1, 0.15) is 6.20 Å². The van der Waals surface area contributed by atoms with E-state index in [1.165, 1.54) is 10.9 Å². The maximum absolute atomic E-state index is 12.2. The summed E-state index contributed by atoms with van der Waals surface area (Å²) in [5.41, 5.74) is 2.25. The van der Waals surface area contributed by atoms with Crippen LogP contribution in [0.4, 0.5) is 11.4 Å². The Labute approximate surface area is 121 Å². The van der Waals surface area contributed by atoms with Gasteiger partial charge in [-0.2, -0.15) is 5.10 Å². The number of carbonyl (C=O) groups is 1. The maximum Gasteiger partial charge on any atom is 0.320 e. The van der Waals surface area contributed by atoms with E-state index in [9.17, 15) is 14.9 Å². The number of aromatic nitrogens is 2. The van der Waals surface area contributed by atoms with Crippen LogP contribution in [0.2, 0.25) is 0 Å². The van der Waals surface area contributed by atoms with Crippen molar-refractivity contribution in [3.05, 3.63) is 51.3 Å². The van der Waals surface area contributed by atoms with E-state index in [1.807, 2.05) is 26.0 Å². The predicted molar refractivity (Wildman–Crippen MR) is 78.4 cm³/mol. The fourth-order valence-electron chi connectivity index (χ4n) is 1.88. The van der Waals surface area contributed by atoms with Crippen LogP contribution in [0.25, 0.3) is 0 Å². The van der Waals surface area contributed by atoms with Gasteiger partial charge in [0.25, 0.3) is 5.91 Å². The van der Waals surface area contributed by atoms with E-state index < -0.39 is 10.8 Å². The number of anilines is 1. The Hall–Kier alpha value is -2.70. The number of hydrogen-bond acceptors (Lipinski definition) is 4. The Morgan fingerprint density at radius 2 is 2.10 bits per heavy atom. The minimum absolute atomic E-state index is 0.180. The van der Waals surface area contributed by atoms with E-state index in [-0.39, 0.29) is 11.4 Å². The van der Waals surface area contributed by atoms with Crippen molar-refractivity contribution < 1.29 is 9.72 Å². The molecule has 1 heterocycles. The summed E-state index contributed by atoms with van der Waals surface area (Å²) < 4.78 is 1.37. The molecule has 2 aromatic rings. The molecule has 0 aliphatic carbocycles. The molecular formula is C14H16N4O3. The third kappa shape index (κ3) is 3.07. The fourth-order valence-corrected chi connectivity index (χ4v) is 1.88. The number of aryl methyl sites for hydroxylation is 3. The molecule has 1 N–H and O–H groups in total. The van der Waals surface area contributed by atoms with Crippen molar-refractivity contribution in [2.24, 2.45) is 0 Å². The standard InChI is InChI=1S/C14H16N4O3/c1-4-17-8-12(18(20)21)13(16-17)14(19)15-11-6-5-9(2)10(3)7-11/h5-8H,4H2,1-3H3,(H,15,19). The lowest BCUT2D eigenvalue weighted by Crippen LogP contribution is -2.15. The van der Waals surface area contributed by atoms with Crippen molar-refractivity contribution in [2.75, 3.05) is 5.32 Å². The molecule has 0 spiro atoms. The highest BCUT2D eigenvalue weighted by Gasteiger charge is 2.25. The zero-order chi connectivity index (χ0) is 15.6. The zero-order valence-electron chi connectivity index (χ0n) is 12.1. The number of amides is 1. The van der Waals surface area contributed by atoms with Gasteiger partial charge in [-0.15, -0.1) is 0 Å². The molecule has 0 saturated carbocycles. The van der Waals surface area contributed by atoms with Gasteiger partial charge in [-0.1, -0.05) is 6.07 Å². The summed E-state index contributed by atoms with van der Waals surface area (Å²) in [6.45, 7) is 6.15. The molecule has 1 amide bonds. The number of nitro groups is 1. The summed E-state index contributed by atoms with van der Waals surface area (Å²) >= 11 is 0. The van der Waals surface area contributed by atoms with Crippen molar-refractivity contribution in [3.8, 4) is 0 Å². The summed E-state index contributed by atoms with van der Waals surface area (Å²) in [7, 11) is 0. The van der Waals surface area contributed by atoms with Crippen LogP contribution >= 0.6 is 0 Å². The second kappa shape index (κ2) is 5.74. The van der Waals surface area contributed by atoms with Gasteiger partial charge in [-0.3, -0.25) is 19.6 Å². The molecule has 0 radical (unpaired) electrons. The monoisotopic (exact) mass is 288 g/mol. The van der Waals surface area contributed by atoms with Gasteiger partial charge in [0.2, 0.25) is 5.69 Å². The molecular weight excluding hydrogens is 272 g/mol. The first-order chi connectivity index (χ1) is 9.92. The first-order valence-electron chi connectivity index (χ1n) is 6.52. The van der Waals surface area contributed by atoms with Crippen LogP contribution in [0.15, 0.2) is 24.4 Å². The van der Waals surface area contributed by atoms with E-state index in [0.29, 0.717) is 12.2 Å². The third-order valence-corrected chi connectivity index (χ3v) is 3.24. The number of benzene rings is 1. The first kappa shape index (κ1) is 14.7. The van der Waals surface area contributed by atoms with Crippen molar-refractivity contribution in [2.45, 2.75) is 27.3 Å². The van der Waals surface area contributed by atoms with Crippen LogP contribution in [-0.2, 0) is 6.54 Å². The lowest BCUT2D eigenvalue weighted by Gasteiger charge is -2.06. The number of rotatable bonds is 4. The van der Waals surface area contributed by atoms with E-state index in [4.69, 9.17) is 0 Å². The summed E-state index contributed by atoms with van der Waals surface area (Å²) in [5, 5.41) is 17.6. The van der Waals surface area contributed by atoms with Crippen LogP contribution < -0.4 is 5.32 Å². The first-order valence-corrected chi connectivity index (χ1v) is 6.52. The quantitative estimate of drug-likeness (QED) is 0.691. The predicted octanol–water partition coefficient (Wildman–Crippen LogP) is 2.68. The average molecular weight is 288 g/mol. The molecule has 0 atom stereocenters. The fraction of sp³-hybridized carbons (Fsp3) is 0.286. The van der Waals surface area contributed by atoms with Gasteiger partial charge in [-0.25, -0.2) is 0 Å². The minimum Gasteiger partial charge on any atom is -0.320 e. The molecule has 1 aromatic carbocycles. The molecule has 0 unspecified atom stereocenters. The minimum atomic E-state index is -0.603. The zero-order valence-corrected chi connectivity index (χ0v) is 12.1. The highest BCUT2D eigenvalue weighted by atomic mass is 16.6. The molecule has 0 bridgehead atoms. The van der Waals surface area contributed by atoms with Gasteiger partial charge in [-0.05, 0) is 44.0 Å². The summed E-state index contributed by atoms with van der Waals surface area (Å²) in [4.78, 5) is 22.5. The molecule has 2 rings (SSSR count). The average Bonchev–Trinajstić information content (AvgIpc) is 2.87. The second-order valence-corrected chi connectivity index (χ2v) is 4.73. The molecule has 7 nitrogen and oxygen atoms in total. The van der Waals surface area contributed by atoms with Gasteiger partial charge in [0, 0.05) is 12.2 Å². The van der Waals surface area contributed by atoms with Crippen LogP contribution in [0, 0.1) is 24.0 Å². The van der Waals surface area contributed by atoms with Crippen molar-refractivity contribution in [1.82, 2.24) is 9.78 Å². The van der Waals surface area contributed by atoms with Crippen LogP contribution in [0.5, 0.6) is 0 Å². The maximum atomic E-state index is 12.2. The molecule has 0 aliphatic rings. The number of hydrogen-bond donors (Lipinski definition) is 1. The van der Waals surface area contributed by atoms with Crippen LogP contribution in [0.1, 0.15) is 28.5 Å². The Morgan fingerprint density at radius 1 is 1.38 bits per heavy atom. The largest absolute Gasteiger partial charge is 0.320 e. The number of carbonyl (C=O) groups excluding carboxylic acids is 1. The lowest BCUT2D eigenvalue weighted by molar-refractivity contribution is -0.385. The highest BCUT2D eigenvalue weighted by Crippen LogP contribution is 2.20. The van der Waals surface area contributed by atoms with E-state index in [2.05, 4.69) is 10.4 Å². The normalized spacial score (nSPS) is 10.4. The molecule has 7 heteroatoms. The summed E-state index contributed by atoms with van der Waals surface area (Å²) in [6.07, 6.45) is 1.26. The SMILES string of the molecule is CCn1cc([N+](=O)[O-])c(C(=O)Nc2ccc(C)c(C)c2)n1. The molecule has 0 aliphatic heterocycles. The highest BCUT2D eigenvalue weighted by molar-refractivity contribution is 6.05. The topological polar surface area (TPSA) is 90.1 Å². The van der Waals surface area contributed by atoms with Crippen molar-refractivity contribution in [1.29, 1.82) is 0 Å².